The number of amides is 1. The largest absolute Gasteiger partial charge is 0.461 e. The van der Waals surface area contributed by atoms with E-state index in [2.05, 4.69) is 0 Å². The molecule has 0 aliphatic carbocycles. The average molecular weight is 298 g/mol. The van der Waals surface area contributed by atoms with E-state index in [1.54, 1.807) is 0 Å². The molecule has 4 heteroatoms. The van der Waals surface area contributed by atoms with Gasteiger partial charge in [-0.25, -0.2) is 0 Å². The van der Waals surface area contributed by atoms with Crippen molar-refractivity contribution < 1.29 is 9.21 Å². The Morgan fingerprint density at radius 1 is 1.32 bits per heavy atom. The summed E-state index contributed by atoms with van der Waals surface area (Å²) in [7, 11) is 0. The zero-order chi connectivity index (χ0) is 15.5. The van der Waals surface area contributed by atoms with E-state index in [0.29, 0.717) is 12.1 Å². The quantitative estimate of drug-likeness (QED) is 0.946. The van der Waals surface area contributed by atoms with E-state index in [0.717, 1.165) is 42.9 Å². The number of carbonyl (C=O) groups excluding carboxylic acids is 1. The second-order valence-corrected chi connectivity index (χ2v) is 5.87. The third-order valence-electron chi connectivity index (χ3n) is 4.29. The number of benzene rings is 1. The van der Waals surface area contributed by atoms with Crippen LogP contribution in [0, 0.1) is 6.92 Å². The van der Waals surface area contributed by atoms with E-state index in [-0.39, 0.29) is 11.9 Å². The SMILES string of the molecule is Cc1ccc(-c2cccc(C(=O)N3CCCC[C@@H]3CN)c2)o1. The maximum atomic E-state index is 12.8. The Labute approximate surface area is 130 Å². The van der Waals surface area contributed by atoms with Crippen LogP contribution in [0.15, 0.2) is 40.8 Å². The first kappa shape index (κ1) is 14.9. The summed E-state index contributed by atoms with van der Waals surface area (Å²) in [5.41, 5.74) is 7.46. The van der Waals surface area contributed by atoms with Crippen LogP contribution in [-0.2, 0) is 0 Å². The number of aryl methyl sites for hydroxylation is 1. The van der Waals surface area contributed by atoms with E-state index < -0.39 is 0 Å². The topological polar surface area (TPSA) is 59.5 Å². The lowest BCUT2D eigenvalue weighted by Crippen LogP contribution is -2.47. The Hall–Kier alpha value is -2.07. The van der Waals surface area contributed by atoms with E-state index in [1.165, 1.54) is 0 Å². The van der Waals surface area contributed by atoms with Crippen LogP contribution in [0.1, 0.15) is 35.4 Å². The van der Waals surface area contributed by atoms with Crippen molar-refractivity contribution in [2.75, 3.05) is 13.1 Å². The lowest BCUT2D eigenvalue weighted by Gasteiger charge is -2.35. The molecule has 4 nitrogen and oxygen atoms in total. The van der Waals surface area contributed by atoms with Gasteiger partial charge in [0.1, 0.15) is 11.5 Å². The predicted octanol–water partition coefficient (Wildman–Crippen LogP) is 3.21. The maximum absolute atomic E-state index is 12.8. The van der Waals surface area contributed by atoms with E-state index in [4.69, 9.17) is 10.2 Å². The molecule has 3 rings (SSSR count). The number of nitrogens with zero attached hydrogens (tertiary/aromatic N) is 1. The number of rotatable bonds is 3. The molecule has 1 aliphatic heterocycles. The average Bonchev–Trinajstić information content (AvgIpc) is 3.01. The molecule has 22 heavy (non-hydrogen) atoms. The Morgan fingerprint density at radius 3 is 2.91 bits per heavy atom. The van der Waals surface area contributed by atoms with E-state index in [1.807, 2.05) is 48.2 Å². The van der Waals surface area contributed by atoms with Crippen molar-refractivity contribution in [3.63, 3.8) is 0 Å². The van der Waals surface area contributed by atoms with Gasteiger partial charge in [0, 0.05) is 30.3 Å². The maximum Gasteiger partial charge on any atom is 0.254 e. The monoisotopic (exact) mass is 298 g/mol. The molecule has 2 aromatic rings. The molecular weight excluding hydrogens is 276 g/mol. The van der Waals surface area contributed by atoms with Crippen LogP contribution >= 0.6 is 0 Å². The second kappa shape index (κ2) is 6.36. The molecule has 1 aromatic heterocycles. The van der Waals surface area contributed by atoms with E-state index in [9.17, 15) is 4.79 Å². The summed E-state index contributed by atoms with van der Waals surface area (Å²) in [4.78, 5) is 14.7. The lowest BCUT2D eigenvalue weighted by atomic mass is 10.00. The van der Waals surface area contributed by atoms with Crippen LogP contribution in [0.3, 0.4) is 0 Å². The van der Waals surface area contributed by atoms with Crippen LogP contribution in [-0.4, -0.2) is 29.9 Å². The first-order valence-corrected chi connectivity index (χ1v) is 7.87. The van der Waals surface area contributed by atoms with Gasteiger partial charge in [0.25, 0.3) is 5.91 Å². The molecule has 2 heterocycles. The van der Waals surface area contributed by atoms with Gasteiger partial charge in [-0.05, 0) is 50.5 Å². The van der Waals surface area contributed by atoms with Crippen LogP contribution < -0.4 is 5.73 Å². The molecule has 1 saturated heterocycles. The van der Waals surface area contributed by atoms with Gasteiger partial charge in [-0.2, -0.15) is 0 Å². The zero-order valence-electron chi connectivity index (χ0n) is 12.9. The summed E-state index contributed by atoms with van der Waals surface area (Å²) in [6.45, 7) is 3.24. The Morgan fingerprint density at radius 2 is 2.18 bits per heavy atom. The molecule has 1 aromatic carbocycles. The van der Waals surface area contributed by atoms with Crippen molar-refractivity contribution in [3.05, 3.63) is 47.7 Å². The highest BCUT2D eigenvalue weighted by Crippen LogP contribution is 2.25. The van der Waals surface area contributed by atoms with Crippen molar-refractivity contribution >= 4 is 5.91 Å². The molecule has 0 bridgehead atoms. The van der Waals surface area contributed by atoms with Crippen LogP contribution in [0.2, 0.25) is 0 Å². The van der Waals surface area contributed by atoms with E-state index >= 15 is 0 Å². The van der Waals surface area contributed by atoms with Gasteiger partial charge in [-0.3, -0.25) is 4.79 Å². The molecular formula is C18H22N2O2. The number of piperidine rings is 1. The number of nitrogens with two attached hydrogens (primary N) is 1. The number of hydrogen-bond donors (Lipinski definition) is 1. The summed E-state index contributed by atoms with van der Waals surface area (Å²) >= 11 is 0. The van der Waals surface area contributed by atoms with Gasteiger partial charge in [-0.15, -0.1) is 0 Å². The normalized spacial score (nSPS) is 18.5. The highest BCUT2D eigenvalue weighted by atomic mass is 16.3. The van der Waals surface area contributed by atoms with Crippen LogP contribution in [0.25, 0.3) is 11.3 Å². The second-order valence-electron chi connectivity index (χ2n) is 5.87. The standard InChI is InChI=1S/C18H22N2O2/c1-13-8-9-17(22-13)14-5-4-6-15(11-14)18(21)20-10-3-2-7-16(20)12-19/h4-6,8-9,11,16H,2-3,7,10,12,19H2,1H3/t16-/m1/s1. The summed E-state index contributed by atoms with van der Waals surface area (Å²) in [5.74, 6) is 1.73. The molecule has 1 amide bonds. The number of carbonyl (C=O) groups is 1. The van der Waals surface area contributed by atoms with Crippen LogP contribution in [0.4, 0.5) is 0 Å². The van der Waals surface area contributed by atoms with Gasteiger partial charge in [0.2, 0.25) is 0 Å². The molecule has 2 N–H and O–H groups in total. The molecule has 0 radical (unpaired) electrons. The van der Waals surface area contributed by atoms with Gasteiger partial charge < -0.3 is 15.1 Å². The smallest absolute Gasteiger partial charge is 0.254 e. The molecule has 1 aliphatic rings. The summed E-state index contributed by atoms with van der Waals surface area (Å²) in [6, 6.07) is 11.7. The first-order chi connectivity index (χ1) is 10.7. The molecule has 0 spiro atoms. The van der Waals surface area contributed by atoms with Crippen molar-refractivity contribution in [1.29, 1.82) is 0 Å². The van der Waals surface area contributed by atoms with Crippen molar-refractivity contribution in [2.24, 2.45) is 5.73 Å². The minimum Gasteiger partial charge on any atom is -0.461 e. The molecule has 0 unspecified atom stereocenters. The number of likely N-dealkylation sites (tertiary alicyclic amines) is 1. The van der Waals surface area contributed by atoms with Crippen molar-refractivity contribution in [2.45, 2.75) is 32.2 Å². The van der Waals surface area contributed by atoms with Gasteiger partial charge in [0.15, 0.2) is 0 Å². The third-order valence-corrected chi connectivity index (χ3v) is 4.29. The van der Waals surface area contributed by atoms with Crippen LogP contribution in [0.5, 0.6) is 0 Å². The molecule has 1 fully saturated rings. The summed E-state index contributed by atoms with van der Waals surface area (Å²) in [6.07, 6.45) is 3.20. The van der Waals surface area contributed by atoms with Gasteiger partial charge in [-0.1, -0.05) is 12.1 Å². The Bertz CT molecular complexity index is 663. The highest BCUT2D eigenvalue weighted by molar-refractivity contribution is 5.95. The fourth-order valence-electron chi connectivity index (χ4n) is 3.07. The predicted molar refractivity (Wildman–Crippen MR) is 86.6 cm³/mol. The minimum absolute atomic E-state index is 0.0697. The lowest BCUT2D eigenvalue weighted by molar-refractivity contribution is 0.0623. The minimum atomic E-state index is 0.0697. The molecule has 0 saturated carbocycles. The highest BCUT2D eigenvalue weighted by Gasteiger charge is 2.26. The van der Waals surface area contributed by atoms with Gasteiger partial charge >= 0.3 is 0 Å². The Kier molecular flexibility index (Phi) is 4.29. The fourth-order valence-corrected chi connectivity index (χ4v) is 3.07. The van der Waals surface area contributed by atoms with Gasteiger partial charge in [0.05, 0.1) is 0 Å². The molecule has 116 valence electrons. The first-order valence-electron chi connectivity index (χ1n) is 7.87. The number of furan rings is 1. The zero-order valence-corrected chi connectivity index (χ0v) is 12.9. The van der Waals surface area contributed by atoms with Crippen molar-refractivity contribution in [3.8, 4) is 11.3 Å². The third kappa shape index (κ3) is 2.92. The van der Waals surface area contributed by atoms with Crippen molar-refractivity contribution in [1.82, 2.24) is 4.90 Å². The molecule has 1 atom stereocenters. The fraction of sp³-hybridized carbons (Fsp3) is 0.389. The Balaban J connectivity index is 1.86. The summed E-state index contributed by atoms with van der Waals surface area (Å²) in [5, 5.41) is 0. The summed E-state index contributed by atoms with van der Waals surface area (Å²) < 4.78 is 5.65. The number of hydrogen-bond acceptors (Lipinski definition) is 3.